The van der Waals surface area contributed by atoms with E-state index in [1.165, 1.54) is 29.7 Å². The van der Waals surface area contributed by atoms with Crippen molar-refractivity contribution < 1.29 is 0 Å². The zero-order valence-corrected chi connectivity index (χ0v) is 14.0. The highest BCUT2D eigenvalue weighted by molar-refractivity contribution is 7.98. The average molecular weight is 331 g/mol. The van der Waals surface area contributed by atoms with E-state index in [1.807, 2.05) is 36.5 Å². The molecule has 0 bridgehead atoms. The van der Waals surface area contributed by atoms with Crippen LogP contribution in [0, 0.1) is 11.3 Å². The van der Waals surface area contributed by atoms with Crippen LogP contribution < -0.4 is 0 Å². The summed E-state index contributed by atoms with van der Waals surface area (Å²) >= 11 is 1.77. The van der Waals surface area contributed by atoms with Crippen LogP contribution in [0.2, 0.25) is 0 Å². The van der Waals surface area contributed by atoms with Crippen LogP contribution in [0.15, 0.2) is 66.0 Å². The second kappa shape index (κ2) is 6.54. The van der Waals surface area contributed by atoms with Crippen molar-refractivity contribution in [3.63, 3.8) is 0 Å². The lowest BCUT2D eigenvalue weighted by atomic mass is 10.2. The van der Waals surface area contributed by atoms with Gasteiger partial charge in [-0.1, -0.05) is 54.2 Å². The van der Waals surface area contributed by atoms with Crippen molar-refractivity contribution >= 4 is 11.8 Å². The zero-order chi connectivity index (χ0) is 16.4. The quantitative estimate of drug-likeness (QED) is 0.614. The van der Waals surface area contributed by atoms with Crippen LogP contribution >= 0.6 is 11.8 Å². The van der Waals surface area contributed by atoms with Gasteiger partial charge in [0.2, 0.25) is 0 Å². The molecule has 118 valence electrons. The zero-order valence-electron chi connectivity index (χ0n) is 13.2. The minimum absolute atomic E-state index is 0.589. The normalized spacial score (nSPS) is 13.6. The molecule has 24 heavy (non-hydrogen) atoms. The van der Waals surface area contributed by atoms with Gasteiger partial charge in [-0.15, -0.1) is 0 Å². The topological polar surface area (TPSA) is 41.6 Å². The van der Waals surface area contributed by atoms with E-state index in [-0.39, 0.29) is 0 Å². The van der Waals surface area contributed by atoms with Crippen molar-refractivity contribution in [1.82, 2.24) is 9.55 Å². The predicted molar refractivity (Wildman–Crippen MR) is 96.7 cm³/mol. The van der Waals surface area contributed by atoms with Gasteiger partial charge in [0.05, 0.1) is 23.5 Å². The van der Waals surface area contributed by atoms with Gasteiger partial charge in [-0.05, 0) is 36.1 Å². The van der Waals surface area contributed by atoms with Gasteiger partial charge < -0.3 is 4.57 Å². The third-order valence-corrected chi connectivity index (χ3v) is 5.23. The van der Waals surface area contributed by atoms with E-state index in [2.05, 4.69) is 39.9 Å². The largest absolute Gasteiger partial charge is 0.316 e. The fourth-order valence-corrected chi connectivity index (χ4v) is 3.78. The summed E-state index contributed by atoms with van der Waals surface area (Å²) in [4.78, 5) is 4.68. The molecule has 0 atom stereocenters. The number of nitriles is 1. The minimum atomic E-state index is 0.589. The van der Waals surface area contributed by atoms with E-state index in [9.17, 15) is 0 Å². The van der Waals surface area contributed by atoms with Gasteiger partial charge >= 0.3 is 0 Å². The molecule has 0 radical (unpaired) electrons. The van der Waals surface area contributed by atoms with Gasteiger partial charge in [0, 0.05) is 11.8 Å². The third-order valence-electron chi connectivity index (χ3n) is 4.20. The lowest BCUT2D eigenvalue weighted by molar-refractivity contribution is 0.669. The second-order valence-corrected chi connectivity index (χ2v) is 6.93. The van der Waals surface area contributed by atoms with Crippen LogP contribution in [0.4, 0.5) is 0 Å². The maximum atomic E-state index is 8.88. The molecule has 1 heterocycles. The molecule has 1 aromatic heterocycles. The highest BCUT2D eigenvalue weighted by atomic mass is 32.2. The first-order chi connectivity index (χ1) is 11.8. The van der Waals surface area contributed by atoms with Crippen LogP contribution in [0.3, 0.4) is 0 Å². The Balaban J connectivity index is 1.57. The van der Waals surface area contributed by atoms with Gasteiger partial charge in [0.15, 0.2) is 5.16 Å². The van der Waals surface area contributed by atoms with E-state index in [0.717, 1.165) is 10.9 Å². The van der Waals surface area contributed by atoms with E-state index in [1.54, 1.807) is 11.8 Å². The number of rotatable bonds is 5. The number of nitrogens with zero attached hydrogens (tertiary/aromatic N) is 3. The molecular weight excluding hydrogens is 314 g/mol. The van der Waals surface area contributed by atoms with Crippen molar-refractivity contribution in [3.05, 3.63) is 71.9 Å². The SMILES string of the molecule is N#Cc1ccc(CSc2ncc(-c3ccccc3)n2C2CC2)cc1. The molecule has 3 aromatic rings. The molecule has 0 aliphatic heterocycles. The first-order valence-electron chi connectivity index (χ1n) is 8.09. The lowest BCUT2D eigenvalue weighted by Crippen LogP contribution is -1.99. The van der Waals surface area contributed by atoms with Crippen LogP contribution in [0.25, 0.3) is 11.3 Å². The molecule has 1 aliphatic carbocycles. The Bertz CT molecular complexity index is 871. The van der Waals surface area contributed by atoms with Crippen molar-refractivity contribution in [2.24, 2.45) is 0 Å². The Labute approximate surface area is 146 Å². The van der Waals surface area contributed by atoms with Gasteiger partial charge in [0.1, 0.15) is 0 Å². The molecule has 3 nitrogen and oxygen atoms in total. The van der Waals surface area contributed by atoms with Crippen LogP contribution in [-0.2, 0) is 5.75 Å². The fraction of sp³-hybridized carbons (Fsp3) is 0.200. The molecule has 4 rings (SSSR count). The molecule has 1 fully saturated rings. The van der Waals surface area contributed by atoms with Crippen LogP contribution in [0.1, 0.15) is 30.0 Å². The Morgan fingerprint density at radius 3 is 2.50 bits per heavy atom. The molecule has 0 spiro atoms. The second-order valence-electron chi connectivity index (χ2n) is 5.99. The van der Waals surface area contributed by atoms with Gasteiger partial charge in [-0.25, -0.2) is 4.98 Å². The first kappa shape index (κ1) is 15.0. The standard InChI is InChI=1S/C20H17N3S/c21-12-15-6-8-16(9-7-15)14-24-20-22-13-19(23(20)18-10-11-18)17-4-2-1-3-5-17/h1-9,13,18H,10-11,14H2. The molecular formula is C20H17N3S. The van der Waals surface area contributed by atoms with E-state index < -0.39 is 0 Å². The smallest absolute Gasteiger partial charge is 0.169 e. The predicted octanol–water partition coefficient (Wildman–Crippen LogP) is 5.05. The maximum absolute atomic E-state index is 8.88. The fourth-order valence-electron chi connectivity index (χ4n) is 2.78. The van der Waals surface area contributed by atoms with Gasteiger partial charge in [0.25, 0.3) is 0 Å². The van der Waals surface area contributed by atoms with Crippen molar-refractivity contribution in [2.45, 2.75) is 29.8 Å². The Kier molecular flexibility index (Phi) is 4.10. The summed E-state index contributed by atoms with van der Waals surface area (Å²) < 4.78 is 2.39. The molecule has 1 aliphatic rings. The van der Waals surface area contributed by atoms with Crippen LogP contribution in [0.5, 0.6) is 0 Å². The highest BCUT2D eigenvalue weighted by Crippen LogP contribution is 2.42. The summed E-state index contributed by atoms with van der Waals surface area (Å²) in [6.07, 6.45) is 4.47. The number of aromatic nitrogens is 2. The first-order valence-corrected chi connectivity index (χ1v) is 9.08. The number of imidazole rings is 1. The van der Waals surface area contributed by atoms with Gasteiger partial charge in [-0.3, -0.25) is 0 Å². The highest BCUT2D eigenvalue weighted by Gasteiger charge is 2.28. The Hall–Kier alpha value is -2.51. The minimum Gasteiger partial charge on any atom is -0.316 e. The van der Waals surface area contributed by atoms with Crippen molar-refractivity contribution in [2.75, 3.05) is 0 Å². The molecule has 1 saturated carbocycles. The summed E-state index contributed by atoms with van der Waals surface area (Å²) in [7, 11) is 0. The van der Waals surface area contributed by atoms with Crippen molar-refractivity contribution in [3.8, 4) is 17.3 Å². The number of thioether (sulfide) groups is 1. The summed E-state index contributed by atoms with van der Waals surface area (Å²) in [5.74, 6) is 0.865. The van der Waals surface area contributed by atoms with E-state index in [4.69, 9.17) is 5.26 Å². The molecule has 2 aromatic carbocycles. The molecule has 0 unspecified atom stereocenters. The lowest BCUT2D eigenvalue weighted by Gasteiger charge is -2.10. The average Bonchev–Trinajstić information content (AvgIpc) is 3.40. The summed E-state index contributed by atoms with van der Waals surface area (Å²) in [6.45, 7) is 0. The van der Waals surface area contributed by atoms with Gasteiger partial charge in [-0.2, -0.15) is 5.26 Å². The molecule has 4 heteroatoms. The third kappa shape index (κ3) is 3.08. The van der Waals surface area contributed by atoms with Crippen LogP contribution in [-0.4, -0.2) is 9.55 Å². The number of benzene rings is 2. The van der Waals surface area contributed by atoms with E-state index >= 15 is 0 Å². The van der Waals surface area contributed by atoms with Crippen molar-refractivity contribution in [1.29, 1.82) is 5.26 Å². The maximum Gasteiger partial charge on any atom is 0.169 e. The molecule has 0 N–H and O–H groups in total. The number of hydrogen-bond donors (Lipinski definition) is 0. The molecule has 0 amide bonds. The Morgan fingerprint density at radius 2 is 1.83 bits per heavy atom. The summed E-state index contributed by atoms with van der Waals surface area (Å²) in [6, 6.07) is 21.0. The summed E-state index contributed by atoms with van der Waals surface area (Å²) in [5.41, 5.74) is 4.35. The van der Waals surface area contributed by atoms with E-state index in [0.29, 0.717) is 11.6 Å². The monoisotopic (exact) mass is 331 g/mol. The summed E-state index contributed by atoms with van der Waals surface area (Å²) in [5, 5.41) is 9.97. The molecule has 0 saturated heterocycles. The number of hydrogen-bond acceptors (Lipinski definition) is 3. The Morgan fingerprint density at radius 1 is 1.08 bits per heavy atom.